The Hall–Kier alpha value is -1.80. The number of methoxy groups -OCH3 is 1. The molecule has 1 aliphatic carbocycles. The second kappa shape index (κ2) is 8.16. The van der Waals surface area contributed by atoms with Crippen molar-refractivity contribution in [3.63, 3.8) is 0 Å². The van der Waals surface area contributed by atoms with Gasteiger partial charge in [-0.3, -0.25) is 4.99 Å². The van der Waals surface area contributed by atoms with Gasteiger partial charge in [-0.05, 0) is 43.0 Å². The third kappa shape index (κ3) is 6.07. The van der Waals surface area contributed by atoms with Crippen molar-refractivity contribution < 1.29 is 13.2 Å². The van der Waals surface area contributed by atoms with Crippen molar-refractivity contribution in [3.8, 4) is 5.75 Å². The smallest absolute Gasteiger partial charge is 0.213 e. The molecule has 23 heavy (non-hydrogen) atoms. The summed E-state index contributed by atoms with van der Waals surface area (Å²) in [5.74, 6) is 1.36. The van der Waals surface area contributed by atoms with Gasteiger partial charge in [-0.1, -0.05) is 6.42 Å². The Morgan fingerprint density at radius 2 is 2.04 bits per heavy atom. The zero-order valence-corrected chi connectivity index (χ0v) is 14.1. The van der Waals surface area contributed by atoms with Crippen molar-refractivity contribution in [2.75, 3.05) is 31.3 Å². The minimum atomic E-state index is -3.29. The molecule has 0 aliphatic heterocycles. The molecule has 0 unspecified atom stereocenters. The van der Waals surface area contributed by atoms with E-state index in [0.717, 1.165) is 24.3 Å². The van der Waals surface area contributed by atoms with Crippen molar-refractivity contribution in [1.29, 1.82) is 0 Å². The summed E-state index contributed by atoms with van der Waals surface area (Å²) in [5.41, 5.74) is 6.51. The van der Waals surface area contributed by atoms with E-state index in [1.165, 1.54) is 6.42 Å². The van der Waals surface area contributed by atoms with Gasteiger partial charge in [0.2, 0.25) is 10.0 Å². The number of guanidine groups is 1. The number of nitrogens with zero attached hydrogens (tertiary/aromatic N) is 1. The summed E-state index contributed by atoms with van der Waals surface area (Å²) >= 11 is 0. The van der Waals surface area contributed by atoms with Gasteiger partial charge in [-0.2, -0.15) is 0 Å². The molecule has 1 saturated carbocycles. The SMILES string of the molecule is COc1ccc(NC(N)=NCCS(=O)(=O)NCC2CCC2)cc1. The normalized spacial score (nSPS) is 16.0. The van der Waals surface area contributed by atoms with Gasteiger partial charge in [0.15, 0.2) is 5.96 Å². The lowest BCUT2D eigenvalue weighted by molar-refractivity contribution is 0.316. The van der Waals surface area contributed by atoms with Crippen LogP contribution in [0.15, 0.2) is 29.3 Å². The maximum atomic E-state index is 11.8. The van der Waals surface area contributed by atoms with Crippen LogP contribution in [0.1, 0.15) is 19.3 Å². The summed E-state index contributed by atoms with van der Waals surface area (Å²) in [4.78, 5) is 4.04. The highest BCUT2D eigenvalue weighted by atomic mass is 32.2. The highest BCUT2D eigenvalue weighted by Crippen LogP contribution is 2.25. The highest BCUT2D eigenvalue weighted by molar-refractivity contribution is 7.89. The van der Waals surface area contributed by atoms with Crippen molar-refractivity contribution in [2.24, 2.45) is 16.6 Å². The van der Waals surface area contributed by atoms with Crippen LogP contribution < -0.4 is 20.5 Å². The van der Waals surface area contributed by atoms with Gasteiger partial charge in [-0.15, -0.1) is 0 Å². The lowest BCUT2D eigenvalue weighted by Gasteiger charge is -2.25. The van der Waals surface area contributed by atoms with E-state index < -0.39 is 10.0 Å². The first kappa shape index (κ1) is 17.6. The predicted molar refractivity (Wildman–Crippen MR) is 92.2 cm³/mol. The molecule has 0 atom stereocenters. The Morgan fingerprint density at radius 1 is 1.35 bits per heavy atom. The third-order valence-corrected chi connectivity index (χ3v) is 5.15. The Balaban J connectivity index is 1.74. The van der Waals surface area contributed by atoms with Crippen LogP contribution in [0, 0.1) is 5.92 Å². The van der Waals surface area contributed by atoms with Crippen LogP contribution in [0.3, 0.4) is 0 Å². The topological polar surface area (TPSA) is 106 Å². The van der Waals surface area contributed by atoms with Crippen LogP contribution in [0.2, 0.25) is 0 Å². The van der Waals surface area contributed by atoms with Crippen LogP contribution in [0.5, 0.6) is 5.75 Å². The molecule has 0 bridgehead atoms. The summed E-state index contributed by atoms with van der Waals surface area (Å²) in [6, 6.07) is 7.20. The number of ether oxygens (including phenoxy) is 1. The van der Waals surface area contributed by atoms with Crippen LogP contribution in [-0.4, -0.2) is 40.3 Å². The van der Waals surface area contributed by atoms with E-state index in [4.69, 9.17) is 10.5 Å². The average Bonchev–Trinajstić information content (AvgIpc) is 2.46. The molecule has 8 heteroatoms. The number of hydrogen-bond acceptors (Lipinski definition) is 4. The molecule has 128 valence electrons. The van der Waals surface area contributed by atoms with Gasteiger partial charge in [0.05, 0.1) is 19.4 Å². The zero-order chi connectivity index (χ0) is 16.7. The van der Waals surface area contributed by atoms with Crippen molar-refractivity contribution in [3.05, 3.63) is 24.3 Å². The molecule has 4 N–H and O–H groups in total. The number of aliphatic imine (C=N–C) groups is 1. The Labute approximate surface area is 137 Å². The molecule has 0 amide bonds. The number of nitrogens with one attached hydrogen (secondary N) is 2. The van der Waals surface area contributed by atoms with Gasteiger partial charge >= 0.3 is 0 Å². The van der Waals surface area contributed by atoms with E-state index in [2.05, 4.69) is 15.0 Å². The Kier molecular flexibility index (Phi) is 6.23. The summed E-state index contributed by atoms with van der Waals surface area (Å²) in [6.45, 7) is 0.653. The molecule has 1 aromatic rings. The van der Waals surface area contributed by atoms with Crippen molar-refractivity contribution in [2.45, 2.75) is 19.3 Å². The fraction of sp³-hybridized carbons (Fsp3) is 0.533. The maximum Gasteiger partial charge on any atom is 0.213 e. The van der Waals surface area contributed by atoms with E-state index in [1.54, 1.807) is 31.4 Å². The summed E-state index contributed by atoms with van der Waals surface area (Å²) in [6.07, 6.45) is 3.42. The van der Waals surface area contributed by atoms with Gasteiger partial charge in [0.25, 0.3) is 0 Å². The maximum absolute atomic E-state index is 11.8. The van der Waals surface area contributed by atoms with Gasteiger partial charge in [-0.25, -0.2) is 13.1 Å². The zero-order valence-electron chi connectivity index (χ0n) is 13.3. The van der Waals surface area contributed by atoms with Crippen LogP contribution in [0.25, 0.3) is 0 Å². The standard InChI is InChI=1S/C15H24N4O3S/c1-22-14-7-5-13(6-8-14)19-15(16)17-9-10-23(20,21)18-11-12-3-2-4-12/h5-8,12,18H,2-4,9-11H2,1H3,(H3,16,17,19). The largest absolute Gasteiger partial charge is 0.497 e. The molecule has 2 rings (SSSR count). The lowest BCUT2D eigenvalue weighted by Crippen LogP contribution is -2.34. The lowest BCUT2D eigenvalue weighted by atomic mass is 9.86. The fourth-order valence-corrected chi connectivity index (χ4v) is 3.13. The molecule has 0 heterocycles. The highest BCUT2D eigenvalue weighted by Gasteiger charge is 2.19. The van der Waals surface area contributed by atoms with Gasteiger partial charge in [0, 0.05) is 12.2 Å². The van der Waals surface area contributed by atoms with E-state index in [-0.39, 0.29) is 18.3 Å². The molecule has 0 radical (unpaired) electrons. The second-order valence-electron chi connectivity index (χ2n) is 5.58. The first-order valence-electron chi connectivity index (χ1n) is 7.67. The van der Waals surface area contributed by atoms with E-state index in [1.807, 2.05) is 0 Å². The van der Waals surface area contributed by atoms with Crippen molar-refractivity contribution in [1.82, 2.24) is 4.72 Å². The fourth-order valence-electron chi connectivity index (χ4n) is 2.16. The molecular weight excluding hydrogens is 316 g/mol. The van der Waals surface area contributed by atoms with Crippen molar-refractivity contribution >= 4 is 21.7 Å². The molecule has 1 fully saturated rings. The minimum absolute atomic E-state index is 0.0648. The number of nitrogens with two attached hydrogens (primary N) is 1. The van der Waals surface area contributed by atoms with Crippen LogP contribution in [0.4, 0.5) is 5.69 Å². The number of hydrogen-bond donors (Lipinski definition) is 3. The monoisotopic (exact) mass is 340 g/mol. The Bertz CT molecular complexity index is 625. The third-order valence-electron chi connectivity index (χ3n) is 3.82. The molecule has 7 nitrogen and oxygen atoms in total. The number of sulfonamides is 1. The molecular formula is C15H24N4O3S. The predicted octanol–water partition coefficient (Wildman–Crippen LogP) is 1.14. The van der Waals surface area contributed by atoms with E-state index >= 15 is 0 Å². The number of rotatable bonds is 8. The molecule has 0 saturated heterocycles. The quantitative estimate of drug-likeness (QED) is 0.486. The first-order chi connectivity index (χ1) is 11.0. The van der Waals surface area contributed by atoms with Crippen LogP contribution >= 0.6 is 0 Å². The van der Waals surface area contributed by atoms with E-state index in [9.17, 15) is 8.42 Å². The summed E-state index contributed by atoms with van der Waals surface area (Å²) in [7, 11) is -1.69. The van der Waals surface area contributed by atoms with Gasteiger partial charge in [0.1, 0.15) is 5.75 Å². The number of benzene rings is 1. The van der Waals surface area contributed by atoms with Crippen LogP contribution in [-0.2, 0) is 10.0 Å². The van der Waals surface area contributed by atoms with E-state index in [0.29, 0.717) is 12.5 Å². The molecule has 0 spiro atoms. The Morgan fingerprint density at radius 3 is 2.61 bits per heavy atom. The first-order valence-corrected chi connectivity index (χ1v) is 9.32. The average molecular weight is 340 g/mol. The summed E-state index contributed by atoms with van der Waals surface area (Å²) in [5, 5.41) is 2.90. The second-order valence-corrected chi connectivity index (χ2v) is 7.51. The number of anilines is 1. The molecule has 1 aliphatic rings. The van der Waals surface area contributed by atoms with Gasteiger partial charge < -0.3 is 15.8 Å². The minimum Gasteiger partial charge on any atom is -0.497 e. The molecule has 0 aromatic heterocycles. The summed E-state index contributed by atoms with van der Waals surface area (Å²) < 4.78 is 31.4. The molecule has 1 aromatic carbocycles.